The summed E-state index contributed by atoms with van der Waals surface area (Å²) in [7, 11) is 0. The number of carbonyl (C=O) groups excluding carboxylic acids is 2. The number of esters is 1. The van der Waals surface area contributed by atoms with Gasteiger partial charge in [0.05, 0.1) is 5.56 Å². The lowest BCUT2D eigenvalue weighted by atomic mass is 10.1. The minimum atomic E-state index is -0.441. The number of aryl methyl sites for hydroxylation is 1. The summed E-state index contributed by atoms with van der Waals surface area (Å²) in [5.74, 6) is 0.0364. The van der Waals surface area contributed by atoms with E-state index < -0.39 is 5.97 Å². The van der Waals surface area contributed by atoms with Crippen molar-refractivity contribution in [3.8, 4) is 0 Å². The van der Waals surface area contributed by atoms with E-state index in [0.29, 0.717) is 17.0 Å². The molecule has 24 heavy (non-hydrogen) atoms. The van der Waals surface area contributed by atoms with E-state index in [1.807, 2.05) is 31.2 Å². The molecule has 0 fully saturated rings. The van der Waals surface area contributed by atoms with Crippen LogP contribution in [0, 0.1) is 6.92 Å². The van der Waals surface area contributed by atoms with Crippen molar-refractivity contribution >= 4 is 28.5 Å². The van der Waals surface area contributed by atoms with Crippen LogP contribution in [0.5, 0.6) is 0 Å². The minimum absolute atomic E-state index is 0.0762. The van der Waals surface area contributed by atoms with Gasteiger partial charge >= 0.3 is 5.97 Å². The van der Waals surface area contributed by atoms with E-state index in [4.69, 9.17) is 9.15 Å². The maximum absolute atomic E-state index is 12.1. The van der Waals surface area contributed by atoms with E-state index in [9.17, 15) is 9.59 Å². The molecular formula is C19H17NO4. The van der Waals surface area contributed by atoms with Crippen LogP contribution in [0.2, 0.25) is 0 Å². The molecule has 0 unspecified atom stereocenters. The molecule has 1 aromatic heterocycles. The van der Waals surface area contributed by atoms with Crippen molar-refractivity contribution in [2.45, 2.75) is 20.5 Å². The molecule has 0 spiro atoms. The van der Waals surface area contributed by atoms with Gasteiger partial charge in [-0.05, 0) is 37.3 Å². The van der Waals surface area contributed by atoms with Crippen LogP contribution in [0.25, 0.3) is 11.0 Å². The number of benzene rings is 2. The number of amides is 1. The zero-order valence-corrected chi connectivity index (χ0v) is 13.5. The second-order valence-corrected chi connectivity index (χ2v) is 5.48. The van der Waals surface area contributed by atoms with Gasteiger partial charge in [0.1, 0.15) is 18.0 Å². The number of nitrogens with one attached hydrogen (secondary N) is 1. The van der Waals surface area contributed by atoms with Crippen LogP contribution in [0.1, 0.15) is 28.6 Å². The highest BCUT2D eigenvalue weighted by Gasteiger charge is 2.13. The number of hydrogen-bond donors (Lipinski definition) is 1. The first-order valence-electron chi connectivity index (χ1n) is 7.56. The van der Waals surface area contributed by atoms with Crippen molar-refractivity contribution in [1.82, 2.24) is 0 Å². The molecule has 5 nitrogen and oxygen atoms in total. The molecule has 1 N–H and O–H groups in total. The number of furan rings is 1. The Kier molecular flexibility index (Phi) is 4.33. The number of anilines is 1. The zero-order chi connectivity index (χ0) is 17.1. The van der Waals surface area contributed by atoms with Crippen molar-refractivity contribution in [2.24, 2.45) is 0 Å². The first kappa shape index (κ1) is 15.8. The third kappa shape index (κ3) is 3.30. The summed E-state index contributed by atoms with van der Waals surface area (Å²) in [6.07, 6.45) is 0. The monoisotopic (exact) mass is 323 g/mol. The van der Waals surface area contributed by atoms with E-state index in [0.717, 1.165) is 16.5 Å². The Bertz CT molecular complexity index is 893. The third-order valence-corrected chi connectivity index (χ3v) is 3.72. The van der Waals surface area contributed by atoms with Crippen LogP contribution in [0.15, 0.2) is 52.9 Å². The molecule has 0 aliphatic heterocycles. The Morgan fingerprint density at radius 3 is 2.46 bits per heavy atom. The largest absolute Gasteiger partial charge is 0.457 e. The van der Waals surface area contributed by atoms with Crippen LogP contribution in [0.4, 0.5) is 5.69 Å². The fourth-order valence-electron chi connectivity index (χ4n) is 2.47. The standard InChI is InChI=1S/C19H17NO4/c1-12-16-5-3-4-6-17(16)24-18(12)11-23-19(22)14-7-9-15(10-8-14)20-13(2)21/h3-10H,11H2,1-2H3,(H,20,21). The molecule has 0 saturated heterocycles. The molecule has 2 aromatic carbocycles. The Balaban J connectivity index is 1.68. The quantitative estimate of drug-likeness (QED) is 0.735. The van der Waals surface area contributed by atoms with E-state index >= 15 is 0 Å². The predicted octanol–water partition coefficient (Wildman–Crippen LogP) is 4.06. The number of para-hydroxylation sites is 1. The summed E-state index contributed by atoms with van der Waals surface area (Å²) in [5.41, 5.74) is 2.80. The summed E-state index contributed by atoms with van der Waals surface area (Å²) in [6.45, 7) is 3.45. The molecule has 5 heteroatoms. The average molecular weight is 323 g/mol. The second kappa shape index (κ2) is 6.58. The van der Waals surface area contributed by atoms with Gasteiger partial charge in [0.25, 0.3) is 0 Å². The highest BCUT2D eigenvalue weighted by molar-refractivity contribution is 5.92. The van der Waals surface area contributed by atoms with Gasteiger partial charge in [-0.3, -0.25) is 4.79 Å². The van der Waals surface area contributed by atoms with Gasteiger partial charge in [-0.25, -0.2) is 4.79 Å². The van der Waals surface area contributed by atoms with Crippen LogP contribution >= 0.6 is 0 Å². The average Bonchev–Trinajstić information content (AvgIpc) is 2.89. The molecular weight excluding hydrogens is 306 g/mol. The smallest absolute Gasteiger partial charge is 0.338 e. The third-order valence-electron chi connectivity index (χ3n) is 3.72. The molecule has 0 bridgehead atoms. The minimum Gasteiger partial charge on any atom is -0.457 e. The molecule has 0 radical (unpaired) electrons. The van der Waals surface area contributed by atoms with Gasteiger partial charge in [0.15, 0.2) is 0 Å². The van der Waals surface area contributed by atoms with Gasteiger partial charge < -0.3 is 14.5 Å². The maximum Gasteiger partial charge on any atom is 0.338 e. The first-order valence-corrected chi connectivity index (χ1v) is 7.56. The van der Waals surface area contributed by atoms with Crippen molar-refractivity contribution in [1.29, 1.82) is 0 Å². The Hall–Kier alpha value is -3.08. The zero-order valence-electron chi connectivity index (χ0n) is 13.5. The first-order chi connectivity index (χ1) is 11.5. The normalized spacial score (nSPS) is 10.6. The van der Waals surface area contributed by atoms with Gasteiger partial charge in [-0.2, -0.15) is 0 Å². The molecule has 0 aliphatic rings. The van der Waals surface area contributed by atoms with Gasteiger partial charge in [0, 0.05) is 23.6 Å². The predicted molar refractivity (Wildman–Crippen MR) is 90.8 cm³/mol. The number of fused-ring (bicyclic) bond motifs is 1. The lowest BCUT2D eigenvalue weighted by Gasteiger charge is -2.05. The summed E-state index contributed by atoms with van der Waals surface area (Å²) in [4.78, 5) is 23.1. The van der Waals surface area contributed by atoms with Crippen molar-refractivity contribution < 1.29 is 18.7 Å². The number of rotatable bonds is 4. The van der Waals surface area contributed by atoms with Crippen LogP contribution < -0.4 is 5.32 Å². The van der Waals surface area contributed by atoms with Gasteiger partial charge in [-0.15, -0.1) is 0 Å². The summed E-state index contributed by atoms with van der Waals surface area (Å²) in [5, 5.41) is 3.66. The molecule has 0 aliphatic carbocycles. The molecule has 3 aromatic rings. The molecule has 122 valence electrons. The molecule has 0 atom stereocenters. The Labute approximate surface area is 139 Å². The van der Waals surface area contributed by atoms with Crippen molar-refractivity contribution in [3.05, 3.63) is 65.4 Å². The fraction of sp³-hybridized carbons (Fsp3) is 0.158. The van der Waals surface area contributed by atoms with Crippen molar-refractivity contribution in [3.63, 3.8) is 0 Å². The number of carbonyl (C=O) groups is 2. The Morgan fingerprint density at radius 2 is 1.79 bits per heavy atom. The lowest BCUT2D eigenvalue weighted by molar-refractivity contribution is -0.114. The van der Waals surface area contributed by atoms with E-state index in [1.54, 1.807) is 24.3 Å². The second-order valence-electron chi connectivity index (χ2n) is 5.48. The van der Waals surface area contributed by atoms with Crippen LogP contribution in [-0.2, 0) is 16.1 Å². The molecule has 1 amide bonds. The van der Waals surface area contributed by atoms with Gasteiger partial charge in [-0.1, -0.05) is 18.2 Å². The fourth-order valence-corrected chi connectivity index (χ4v) is 2.47. The maximum atomic E-state index is 12.1. The Morgan fingerprint density at radius 1 is 1.08 bits per heavy atom. The van der Waals surface area contributed by atoms with E-state index in [1.165, 1.54) is 6.92 Å². The SMILES string of the molecule is CC(=O)Nc1ccc(C(=O)OCc2oc3ccccc3c2C)cc1. The van der Waals surface area contributed by atoms with E-state index in [2.05, 4.69) is 5.32 Å². The van der Waals surface area contributed by atoms with Crippen LogP contribution in [0.3, 0.4) is 0 Å². The summed E-state index contributed by atoms with van der Waals surface area (Å²) < 4.78 is 11.0. The summed E-state index contributed by atoms with van der Waals surface area (Å²) in [6, 6.07) is 14.2. The molecule has 3 rings (SSSR count). The van der Waals surface area contributed by atoms with Gasteiger partial charge in [0.2, 0.25) is 5.91 Å². The number of hydrogen-bond acceptors (Lipinski definition) is 4. The molecule has 0 saturated carbocycles. The van der Waals surface area contributed by atoms with Crippen LogP contribution in [-0.4, -0.2) is 11.9 Å². The lowest BCUT2D eigenvalue weighted by Crippen LogP contribution is -2.07. The highest BCUT2D eigenvalue weighted by atomic mass is 16.5. The van der Waals surface area contributed by atoms with Crippen molar-refractivity contribution in [2.75, 3.05) is 5.32 Å². The number of ether oxygens (including phenoxy) is 1. The topological polar surface area (TPSA) is 68.5 Å². The summed E-state index contributed by atoms with van der Waals surface area (Å²) >= 11 is 0. The van der Waals surface area contributed by atoms with E-state index in [-0.39, 0.29) is 12.5 Å². The molecule has 1 heterocycles. The highest BCUT2D eigenvalue weighted by Crippen LogP contribution is 2.25.